The summed E-state index contributed by atoms with van der Waals surface area (Å²) in [6, 6.07) is 24.5. The number of allylic oxidation sites excluding steroid dienone is 4. The number of carbonyl (C=O) groups excluding carboxylic acids is 1. The first-order chi connectivity index (χ1) is 18.8. The van der Waals surface area contributed by atoms with E-state index in [1.54, 1.807) is 20.2 Å². The normalized spacial score (nSPS) is 10.7. The van der Waals surface area contributed by atoms with Gasteiger partial charge in [-0.2, -0.15) is 0 Å². The van der Waals surface area contributed by atoms with Gasteiger partial charge in [-0.1, -0.05) is 72.3 Å². The van der Waals surface area contributed by atoms with Gasteiger partial charge in [-0.05, 0) is 50.6 Å². The minimum atomic E-state index is -0.302. The van der Waals surface area contributed by atoms with E-state index in [1.807, 2.05) is 91.9 Å². The molecule has 7 nitrogen and oxygen atoms in total. The second-order valence-corrected chi connectivity index (χ2v) is 9.18. The number of aromatic nitrogens is 2. The molecule has 0 aliphatic rings. The number of methoxy groups -OCH3 is 1. The van der Waals surface area contributed by atoms with Crippen molar-refractivity contribution in [1.82, 2.24) is 14.9 Å². The van der Waals surface area contributed by atoms with E-state index in [0.29, 0.717) is 29.7 Å². The molecule has 0 bridgehead atoms. The smallest absolute Gasteiger partial charge is 0.319 e. The third kappa shape index (κ3) is 8.43. The molecule has 0 atom stereocenters. The fraction of sp³-hybridized carbons (Fsp3) is 0.219. The largest absolute Gasteiger partial charge is 0.501 e. The quantitative estimate of drug-likeness (QED) is 0.214. The summed E-state index contributed by atoms with van der Waals surface area (Å²) in [5.74, 6) is 1.57. The number of hydrogen-bond acceptors (Lipinski definition) is 4. The molecular weight excluding hydrogens is 488 g/mol. The Morgan fingerprint density at radius 2 is 1.59 bits per heavy atom. The van der Waals surface area contributed by atoms with Gasteiger partial charge in [0.15, 0.2) is 0 Å². The highest BCUT2D eigenvalue weighted by Gasteiger charge is 2.10. The van der Waals surface area contributed by atoms with Crippen molar-refractivity contribution in [2.75, 3.05) is 19.0 Å². The number of nitrogens with one attached hydrogen (secondary N) is 2. The maximum Gasteiger partial charge on any atom is 0.319 e. The first-order valence-corrected chi connectivity index (χ1v) is 12.8. The molecule has 4 rings (SSSR count). The van der Waals surface area contributed by atoms with Crippen molar-refractivity contribution >= 4 is 22.6 Å². The van der Waals surface area contributed by atoms with Gasteiger partial charge < -0.3 is 15.4 Å². The molecule has 1 heterocycles. The van der Waals surface area contributed by atoms with Crippen LogP contribution in [-0.2, 0) is 18.2 Å². The van der Waals surface area contributed by atoms with Gasteiger partial charge in [-0.15, -0.1) is 0 Å². The van der Waals surface area contributed by atoms with Gasteiger partial charge in [0.05, 0.1) is 29.5 Å². The van der Waals surface area contributed by atoms with Crippen LogP contribution in [0.1, 0.15) is 26.6 Å². The molecule has 0 aliphatic heterocycles. The lowest BCUT2D eigenvalue weighted by molar-refractivity contribution is 0.252. The average Bonchev–Trinajstić information content (AvgIpc) is 2.95. The van der Waals surface area contributed by atoms with E-state index in [0.717, 1.165) is 22.6 Å². The molecule has 7 heteroatoms. The number of carbonyl (C=O) groups is 1. The average molecular weight is 525 g/mol. The lowest BCUT2D eigenvalue weighted by Crippen LogP contribution is -2.32. The summed E-state index contributed by atoms with van der Waals surface area (Å²) in [7, 11) is 3.37. The van der Waals surface area contributed by atoms with Crippen molar-refractivity contribution in [3.8, 4) is 11.1 Å². The SMILES string of the molecule is CO/C(C)=C/C=C(C)C.Cn1c(CCNC(=O)Nc2ccccc2-c2ccccc2)nc2ccccc2c1=O. The summed E-state index contributed by atoms with van der Waals surface area (Å²) < 4.78 is 6.45. The summed E-state index contributed by atoms with van der Waals surface area (Å²) in [4.78, 5) is 29.5. The van der Waals surface area contributed by atoms with E-state index in [9.17, 15) is 9.59 Å². The number of benzene rings is 3. The Morgan fingerprint density at radius 1 is 0.923 bits per heavy atom. The molecule has 0 saturated heterocycles. The standard InChI is InChI=1S/C24H22N4O2.C8H14O/c1-28-22(26-21-14-8-6-12-19(21)23(28)29)15-16-25-24(30)27-20-13-7-5-11-18(20)17-9-3-2-4-10-17;1-7(2)5-6-8(3)9-4/h2-14H,15-16H2,1H3,(H2,25,27,30);5-6H,1-4H3/b;8-6+. The molecular formula is C32H36N4O3. The van der Waals surface area contributed by atoms with Crippen LogP contribution in [0.25, 0.3) is 22.0 Å². The first-order valence-electron chi connectivity index (χ1n) is 12.8. The van der Waals surface area contributed by atoms with E-state index >= 15 is 0 Å². The highest BCUT2D eigenvalue weighted by molar-refractivity contribution is 5.94. The molecule has 3 aromatic carbocycles. The van der Waals surface area contributed by atoms with Crippen molar-refractivity contribution in [2.45, 2.75) is 27.2 Å². The molecule has 202 valence electrons. The summed E-state index contributed by atoms with van der Waals surface area (Å²) in [6.07, 6.45) is 4.43. The fourth-order valence-electron chi connectivity index (χ4n) is 3.76. The highest BCUT2D eigenvalue weighted by atomic mass is 16.5. The molecule has 1 aromatic heterocycles. The molecule has 0 radical (unpaired) electrons. The molecule has 0 unspecified atom stereocenters. The van der Waals surface area contributed by atoms with Gasteiger partial charge in [-0.3, -0.25) is 9.36 Å². The molecule has 0 fully saturated rings. The monoisotopic (exact) mass is 524 g/mol. The molecule has 39 heavy (non-hydrogen) atoms. The second-order valence-electron chi connectivity index (χ2n) is 9.18. The molecule has 4 aromatic rings. The van der Waals surface area contributed by atoms with Crippen LogP contribution in [0.2, 0.25) is 0 Å². The number of nitrogens with zero attached hydrogens (tertiary/aromatic N) is 2. The van der Waals surface area contributed by atoms with E-state index in [1.165, 1.54) is 10.1 Å². The van der Waals surface area contributed by atoms with Crippen molar-refractivity contribution in [3.05, 3.63) is 119 Å². The minimum absolute atomic E-state index is 0.0863. The van der Waals surface area contributed by atoms with E-state index < -0.39 is 0 Å². The Balaban J connectivity index is 0.000000403. The van der Waals surface area contributed by atoms with Crippen LogP contribution in [0.15, 0.2) is 107 Å². The zero-order valence-electron chi connectivity index (χ0n) is 23.2. The lowest BCUT2D eigenvalue weighted by Gasteiger charge is -2.13. The lowest BCUT2D eigenvalue weighted by atomic mass is 10.0. The van der Waals surface area contributed by atoms with Gasteiger partial charge >= 0.3 is 6.03 Å². The molecule has 0 spiro atoms. The highest BCUT2D eigenvalue weighted by Crippen LogP contribution is 2.27. The second kappa shape index (κ2) is 14.3. The van der Waals surface area contributed by atoms with E-state index in [4.69, 9.17) is 4.74 Å². The number of anilines is 1. The van der Waals surface area contributed by atoms with Crippen LogP contribution in [0, 0.1) is 0 Å². The van der Waals surface area contributed by atoms with Crippen LogP contribution in [0.3, 0.4) is 0 Å². The predicted molar refractivity (Wildman–Crippen MR) is 160 cm³/mol. The number of rotatable bonds is 7. The molecule has 2 N–H and O–H groups in total. The van der Waals surface area contributed by atoms with Crippen molar-refractivity contribution in [3.63, 3.8) is 0 Å². The minimum Gasteiger partial charge on any atom is -0.501 e. The zero-order chi connectivity index (χ0) is 28.2. The summed E-state index contributed by atoms with van der Waals surface area (Å²) >= 11 is 0. The van der Waals surface area contributed by atoms with Crippen LogP contribution in [-0.4, -0.2) is 29.2 Å². The van der Waals surface area contributed by atoms with Gasteiger partial charge in [-0.25, -0.2) is 9.78 Å². The number of hydrogen-bond donors (Lipinski definition) is 2. The summed E-state index contributed by atoms with van der Waals surface area (Å²) in [5.41, 5.74) is 4.58. The van der Waals surface area contributed by atoms with E-state index in [-0.39, 0.29) is 11.6 Å². The topological polar surface area (TPSA) is 85.2 Å². The molecule has 0 aliphatic carbocycles. The first kappa shape index (κ1) is 28.9. The van der Waals surface area contributed by atoms with E-state index in [2.05, 4.69) is 29.5 Å². The number of para-hydroxylation sites is 2. The van der Waals surface area contributed by atoms with Crippen molar-refractivity contribution < 1.29 is 9.53 Å². The van der Waals surface area contributed by atoms with Gasteiger partial charge in [0, 0.05) is 25.6 Å². The van der Waals surface area contributed by atoms with Crippen LogP contribution in [0.5, 0.6) is 0 Å². The maximum atomic E-state index is 12.5. The van der Waals surface area contributed by atoms with Crippen molar-refractivity contribution in [2.24, 2.45) is 7.05 Å². The van der Waals surface area contributed by atoms with Gasteiger partial charge in [0.2, 0.25) is 0 Å². The fourth-order valence-corrected chi connectivity index (χ4v) is 3.76. The number of urea groups is 1. The zero-order valence-corrected chi connectivity index (χ0v) is 23.2. The third-order valence-corrected chi connectivity index (χ3v) is 5.94. The molecule has 0 saturated carbocycles. The maximum absolute atomic E-state index is 12.5. The van der Waals surface area contributed by atoms with Crippen LogP contribution >= 0.6 is 0 Å². The Bertz CT molecular complexity index is 1520. The summed E-state index contributed by atoms with van der Waals surface area (Å²) in [6.45, 7) is 6.40. The predicted octanol–water partition coefficient (Wildman–Crippen LogP) is 6.47. The van der Waals surface area contributed by atoms with Crippen molar-refractivity contribution in [1.29, 1.82) is 0 Å². The number of fused-ring (bicyclic) bond motifs is 1. The molecule has 2 amide bonds. The Morgan fingerprint density at radius 3 is 2.31 bits per heavy atom. The Hall–Kier alpha value is -4.65. The summed E-state index contributed by atoms with van der Waals surface area (Å²) in [5, 5.41) is 6.35. The van der Waals surface area contributed by atoms with Crippen LogP contribution in [0.4, 0.5) is 10.5 Å². The number of amides is 2. The Labute approximate surface area is 229 Å². The third-order valence-electron chi connectivity index (χ3n) is 5.94. The Kier molecular flexibility index (Phi) is 10.6. The van der Waals surface area contributed by atoms with Gasteiger partial charge in [0.25, 0.3) is 5.56 Å². The van der Waals surface area contributed by atoms with Gasteiger partial charge in [0.1, 0.15) is 5.82 Å². The van der Waals surface area contributed by atoms with Crippen LogP contribution < -0.4 is 16.2 Å². The number of ether oxygens (including phenoxy) is 1.